The Morgan fingerprint density at radius 1 is 1.09 bits per heavy atom. The van der Waals surface area contributed by atoms with Crippen LogP contribution in [0.2, 0.25) is 10.0 Å². The zero-order valence-electron chi connectivity index (χ0n) is 11.7. The summed E-state index contributed by atoms with van der Waals surface area (Å²) in [6.45, 7) is 0.441. The van der Waals surface area contributed by atoms with Crippen molar-refractivity contribution in [2.45, 2.75) is 16.8 Å². The van der Waals surface area contributed by atoms with E-state index in [2.05, 4.69) is 5.32 Å². The molecule has 0 aromatic heterocycles. The van der Waals surface area contributed by atoms with Crippen LogP contribution in [0.5, 0.6) is 0 Å². The molecule has 2 nitrogen and oxygen atoms in total. The van der Waals surface area contributed by atoms with E-state index in [1.807, 2.05) is 36.4 Å². The molecule has 0 aliphatic heterocycles. The smallest absolute Gasteiger partial charge is 0.0847 e. The number of nitrogens with one attached hydrogen (secondary N) is 1. The Morgan fingerprint density at radius 2 is 1.82 bits per heavy atom. The first-order chi connectivity index (χ1) is 10.6. The zero-order valence-corrected chi connectivity index (χ0v) is 14.8. The van der Waals surface area contributed by atoms with Crippen LogP contribution in [-0.2, 0) is 5.75 Å². The molecule has 2 N–H and O–H groups in total. The van der Waals surface area contributed by atoms with E-state index in [9.17, 15) is 5.11 Å². The highest BCUT2D eigenvalue weighted by molar-refractivity contribution is 7.98. The fourth-order valence-corrected chi connectivity index (χ4v) is 3.33. The van der Waals surface area contributed by atoms with E-state index < -0.39 is 6.10 Å². The Bertz CT molecular complexity index is 607. The topological polar surface area (TPSA) is 32.3 Å². The van der Waals surface area contributed by atoms with E-state index in [1.54, 1.807) is 17.8 Å². The first-order valence-electron chi connectivity index (χ1n) is 6.73. The van der Waals surface area contributed by atoms with Crippen LogP contribution >= 0.6 is 46.6 Å². The van der Waals surface area contributed by atoms with E-state index in [0.29, 0.717) is 16.6 Å². The van der Waals surface area contributed by atoms with Gasteiger partial charge in [-0.1, -0.05) is 29.3 Å². The van der Waals surface area contributed by atoms with Gasteiger partial charge in [0.15, 0.2) is 0 Å². The van der Waals surface area contributed by atoms with Crippen molar-refractivity contribution in [1.29, 1.82) is 0 Å². The minimum absolute atomic E-state index is 0.225. The molecule has 0 spiro atoms. The maximum absolute atomic E-state index is 9.41. The summed E-state index contributed by atoms with van der Waals surface area (Å²) in [5.74, 6) is 1.01. The van der Waals surface area contributed by atoms with Crippen molar-refractivity contribution >= 4 is 52.3 Å². The SMILES string of the molecule is OC(CCl)CNc1ccc(SCc2ccc(Cl)cc2Cl)cc1. The minimum atomic E-state index is -0.539. The van der Waals surface area contributed by atoms with E-state index in [0.717, 1.165) is 21.9 Å². The molecule has 1 atom stereocenters. The lowest BCUT2D eigenvalue weighted by molar-refractivity contribution is 0.211. The largest absolute Gasteiger partial charge is 0.390 e. The van der Waals surface area contributed by atoms with Gasteiger partial charge in [0.25, 0.3) is 0 Å². The number of hydrogen-bond donors (Lipinski definition) is 2. The summed E-state index contributed by atoms with van der Waals surface area (Å²) >= 11 is 19.3. The van der Waals surface area contributed by atoms with Crippen LogP contribution in [-0.4, -0.2) is 23.6 Å². The number of aliphatic hydroxyl groups excluding tert-OH is 1. The molecule has 6 heteroatoms. The third-order valence-electron chi connectivity index (χ3n) is 2.98. The fraction of sp³-hybridized carbons (Fsp3) is 0.250. The van der Waals surface area contributed by atoms with Crippen LogP contribution in [0.3, 0.4) is 0 Å². The quantitative estimate of drug-likeness (QED) is 0.508. The monoisotopic (exact) mass is 375 g/mol. The first kappa shape index (κ1) is 17.8. The molecule has 0 saturated heterocycles. The number of hydrogen-bond acceptors (Lipinski definition) is 3. The highest BCUT2D eigenvalue weighted by Crippen LogP contribution is 2.29. The fourth-order valence-electron chi connectivity index (χ4n) is 1.76. The molecule has 1 unspecified atom stereocenters. The van der Waals surface area contributed by atoms with Crippen molar-refractivity contribution in [2.24, 2.45) is 0 Å². The van der Waals surface area contributed by atoms with Gasteiger partial charge in [-0.25, -0.2) is 0 Å². The lowest BCUT2D eigenvalue weighted by Gasteiger charge is -2.10. The number of aliphatic hydroxyl groups is 1. The van der Waals surface area contributed by atoms with Crippen LogP contribution in [0.15, 0.2) is 47.4 Å². The molecule has 0 radical (unpaired) electrons. The Labute approximate surface area is 149 Å². The van der Waals surface area contributed by atoms with Gasteiger partial charge in [-0.15, -0.1) is 23.4 Å². The molecule has 2 aromatic carbocycles. The molecule has 118 valence electrons. The summed E-state index contributed by atoms with van der Waals surface area (Å²) in [5, 5.41) is 13.9. The minimum Gasteiger partial charge on any atom is -0.390 e. The lowest BCUT2D eigenvalue weighted by Crippen LogP contribution is -2.20. The lowest BCUT2D eigenvalue weighted by atomic mass is 10.2. The second-order valence-electron chi connectivity index (χ2n) is 4.74. The van der Waals surface area contributed by atoms with Crippen molar-refractivity contribution in [3.05, 3.63) is 58.1 Å². The number of alkyl halides is 1. The van der Waals surface area contributed by atoms with Crippen LogP contribution in [0.4, 0.5) is 5.69 Å². The molecule has 0 saturated carbocycles. The molecule has 22 heavy (non-hydrogen) atoms. The Morgan fingerprint density at radius 3 is 2.45 bits per heavy atom. The number of thioether (sulfide) groups is 1. The van der Waals surface area contributed by atoms with Gasteiger partial charge in [0.05, 0.1) is 12.0 Å². The molecular formula is C16H16Cl3NOS. The van der Waals surface area contributed by atoms with Gasteiger partial charge < -0.3 is 10.4 Å². The Kier molecular flexibility index (Phi) is 7.19. The molecule has 0 bridgehead atoms. The third-order valence-corrected chi connectivity index (χ3v) is 4.99. The van der Waals surface area contributed by atoms with Crippen LogP contribution in [0, 0.1) is 0 Å². The molecule has 0 aliphatic carbocycles. The van der Waals surface area contributed by atoms with E-state index in [-0.39, 0.29) is 5.88 Å². The second kappa shape index (κ2) is 8.90. The van der Waals surface area contributed by atoms with Crippen molar-refractivity contribution < 1.29 is 5.11 Å². The summed E-state index contributed by atoms with van der Waals surface area (Å²) in [6.07, 6.45) is -0.539. The van der Waals surface area contributed by atoms with Crippen molar-refractivity contribution in [3.8, 4) is 0 Å². The van der Waals surface area contributed by atoms with Gasteiger partial charge in [0.2, 0.25) is 0 Å². The number of anilines is 1. The molecular weight excluding hydrogens is 361 g/mol. The molecule has 0 aliphatic rings. The maximum atomic E-state index is 9.41. The van der Waals surface area contributed by atoms with Crippen molar-refractivity contribution in [1.82, 2.24) is 0 Å². The summed E-state index contributed by atoms with van der Waals surface area (Å²) < 4.78 is 0. The van der Waals surface area contributed by atoms with E-state index in [1.165, 1.54) is 0 Å². The van der Waals surface area contributed by atoms with Crippen LogP contribution in [0.25, 0.3) is 0 Å². The van der Waals surface area contributed by atoms with Gasteiger partial charge in [-0.3, -0.25) is 0 Å². The van der Waals surface area contributed by atoms with Crippen molar-refractivity contribution in [2.75, 3.05) is 17.7 Å². The molecule has 0 fully saturated rings. The second-order valence-corrected chi connectivity index (χ2v) is 6.94. The van der Waals surface area contributed by atoms with Gasteiger partial charge in [0, 0.05) is 32.9 Å². The zero-order chi connectivity index (χ0) is 15.9. The molecule has 2 rings (SSSR count). The standard InChI is InChI=1S/C16H16Cl3NOS/c17-8-14(21)9-20-13-3-5-15(6-4-13)22-10-11-1-2-12(18)7-16(11)19/h1-7,14,20-21H,8-10H2. The predicted octanol–water partition coefficient (Wildman–Crippen LogP) is 5.30. The highest BCUT2D eigenvalue weighted by Gasteiger charge is 2.04. The number of halogens is 3. The van der Waals surface area contributed by atoms with Gasteiger partial charge in [-0.2, -0.15) is 0 Å². The average Bonchev–Trinajstić information content (AvgIpc) is 2.52. The summed E-state index contributed by atoms with van der Waals surface area (Å²) in [7, 11) is 0. The van der Waals surface area contributed by atoms with E-state index >= 15 is 0 Å². The van der Waals surface area contributed by atoms with Crippen molar-refractivity contribution in [3.63, 3.8) is 0 Å². The summed E-state index contributed by atoms with van der Waals surface area (Å²) in [4.78, 5) is 1.15. The van der Waals surface area contributed by atoms with Crippen LogP contribution in [0.1, 0.15) is 5.56 Å². The van der Waals surface area contributed by atoms with Crippen LogP contribution < -0.4 is 5.32 Å². The van der Waals surface area contributed by atoms with Gasteiger partial charge in [-0.05, 0) is 42.0 Å². The highest BCUT2D eigenvalue weighted by atomic mass is 35.5. The summed E-state index contributed by atoms with van der Waals surface area (Å²) in [6, 6.07) is 13.6. The maximum Gasteiger partial charge on any atom is 0.0847 e. The Hall–Kier alpha value is -0.580. The third kappa shape index (κ3) is 5.56. The van der Waals surface area contributed by atoms with E-state index in [4.69, 9.17) is 34.8 Å². The average molecular weight is 377 g/mol. The molecule has 0 heterocycles. The molecule has 0 amide bonds. The predicted molar refractivity (Wildman–Crippen MR) is 97.7 cm³/mol. The number of benzene rings is 2. The van der Waals surface area contributed by atoms with Gasteiger partial charge in [0.1, 0.15) is 0 Å². The number of rotatable bonds is 7. The molecule has 2 aromatic rings. The van der Waals surface area contributed by atoms with Gasteiger partial charge >= 0.3 is 0 Å². The normalized spacial score (nSPS) is 12.2. The Balaban J connectivity index is 1.88. The first-order valence-corrected chi connectivity index (χ1v) is 9.01. The summed E-state index contributed by atoms with van der Waals surface area (Å²) in [5.41, 5.74) is 2.02.